The van der Waals surface area contributed by atoms with Crippen LogP contribution in [0.15, 0.2) is 36.4 Å². The molecule has 0 aromatic heterocycles. The van der Waals surface area contributed by atoms with Gasteiger partial charge in [0, 0.05) is 0 Å². The van der Waals surface area contributed by atoms with E-state index in [1.165, 1.54) is 6.07 Å². The third-order valence-corrected chi connectivity index (χ3v) is 3.60. The molecule has 0 saturated heterocycles. The summed E-state index contributed by atoms with van der Waals surface area (Å²) in [7, 11) is 0. The number of halogens is 2. The first-order valence-electron chi connectivity index (χ1n) is 7.20. The molecule has 23 heavy (non-hydrogen) atoms. The molecule has 0 radical (unpaired) electrons. The van der Waals surface area contributed by atoms with E-state index in [1.54, 1.807) is 25.1 Å². The molecule has 0 spiro atoms. The van der Waals surface area contributed by atoms with E-state index in [2.05, 4.69) is 5.32 Å². The van der Waals surface area contributed by atoms with Crippen LogP contribution in [0, 0.1) is 11.6 Å². The van der Waals surface area contributed by atoms with Gasteiger partial charge in [-0.3, -0.25) is 4.79 Å². The summed E-state index contributed by atoms with van der Waals surface area (Å²) in [5, 5.41) is 2.59. The number of amides is 1. The van der Waals surface area contributed by atoms with Crippen molar-refractivity contribution in [1.82, 2.24) is 5.32 Å². The second-order valence-electron chi connectivity index (χ2n) is 5.19. The van der Waals surface area contributed by atoms with Gasteiger partial charge in [0.05, 0.1) is 6.04 Å². The summed E-state index contributed by atoms with van der Waals surface area (Å²) in [4.78, 5) is 12.1. The number of benzene rings is 2. The number of fused-ring (bicyclic) bond motifs is 1. The fraction of sp³-hybridized carbons (Fsp3) is 0.235. The van der Waals surface area contributed by atoms with E-state index < -0.39 is 29.1 Å². The molecule has 1 amide bonds. The maximum absolute atomic E-state index is 13.6. The van der Waals surface area contributed by atoms with Crippen molar-refractivity contribution in [3.63, 3.8) is 0 Å². The molecule has 1 heterocycles. The third kappa shape index (κ3) is 3.11. The highest BCUT2D eigenvalue weighted by Gasteiger charge is 2.20. The highest BCUT2D eigenvalue weighted by atomic mass is 19.1. The van der Waals surface area contributed by atoms with Crippen LogP contribution in [0.4, 0.5) is 8.78 Å². The number of carbonyl (C=O) groups excluding carboxylic acids is 1. The van der Waals surface area contributed by atoms with Crippen LogP contribution >= 0.6 is 0 Å². The lowest BCUT2D eigenvalue weighted by Crippen LogP contribution is -2.28. The van der Waals surface area contributed by atoms with Gasteiger partial charge in [-0.15, -0.1) is 0 Å². The maximum atomic E-state index is 13.6. The SMILES string of the molecule is CC(NC(=O)c1c(F)cccc1F)c1ccc2c(c1)OCCO2. The van der Waals surface area contributed by atoms with Gasteiger partial charge >= 0.3 is 0 Å². The third-order valence-electron chi connectivity index (χ3n) is 3.60. The van der Waals surface area contributed by atoms with Crippen molar-refractivity contribution in [2.24, 2.45) is 0 Å². The van der Waals surface area contributed by atoms with Crippen LogP contribution in [0.3, 0.4) is 0 Å². The molecular weight excluding hydrogens is 304 g/mol. The molecule has 0 bridgehead atoms. The lowest BCUT2D eigenvalue weighted by Gasteiger charge is -2.21. The molecule has 2 aromatic carbocycles. The second-order valence-corrected chi connectivity index (χ2v) is 5.19. The maximum Gasteiger partial charge on any atom is 0.257 e. The van der Waals surface area contributed by atoms with Crippen molar-refractivity contribution in [2.75, 3.05) is 13.2 Å². The number of hydrogen-bond acceptors (Lipinski definition) is 3. The zero-order valence-electron chi connectivity index (χ0n) is 12.4. The first-order valence-corrected chi connectivity index (χ1v) is 7.20. The smallest absolute Gasteiger partial charge is 0.257 e. The Bertz CT molecular complexity index is 728. The lowest BCUT2D eigenvalue weighted by molar-refractivity contribution is 0.0931. The Balaban J connectivity index is 1.79. The fourth-order valence-electron chi connectivity index (χ4n) is 2.40. The molecule has 2 aromatic rings. The summed E-state index contributed by atoms with van der Waals surface area (Å²) < 4.78 is 38.2. The van der Waals surface area contributed by atoms with Crippen molar-refractivity contribution in [3.05, 3.63) is 59.2 Å². The fourth-order valence-corrected chi connectivity index (χ4v) is 2.40. The van der Waals surface area contributed by atoms with Gasteiger partial charge in [0.2, 0.25) is 0 Å². The first-order chi connectivity index (χ1) is 11.1. The Hall–Kier alpha value is -2.63. The van der Waals surface area contributed by atoms with Crippen molar-refractivity contribution in [2.45, 2.75) is 13.0 Å². The van der Waals surface area contributed by atoms with E-state index in [0.717, 1.165) is 17.7 Å². The van der Waals surface area contributed by atoms with Crippen molar-refractivity contribution in [3.8, 4) is 11.5 Å². The van der Waals surface area contributed by atoms with Gasteiger partial charge in [-0.1, -0.05) is 12.1 Å². The number of ether oxygens (including phenoxy) is 2. The molecule has 3 rings (SSSR count). The second kappa shape index (κ2) is 6.24. The minimum Gasteiger partial charge on any atom is -0.486 e. The normalized spacial score (nSPS) is 14.2. The Labute approximate surface area is 132 Å². The summed E-state index contributed by atoms with van der Waals surface area (Å²) in [6.45, 7) is 2.67. The molecule has 1 aliphatic rings. The van der Waals surface area contributed by atoms with E-state index in [0.29, 0.717) is 24.7 Å². The van der Waals surface area contributed by atoms with Gasteiger partial charge in [0.25, 0.3) is 5.91 Å². The first kappa shape index (κ1) is 15.3. The summed E-state index contributed by atoms with van der Waals surface area (Å²) >= 11 is 0. The highest BCUT2D eigenvalue weighted by Crippen LogP contribution is 2.32. The Morgan fingerprint density at radius 2 is 1.74 bits per heavy atom. The molecule has 1 atom stereocenters. The molecule has 120 valence electrons. The average molecular weight is 319 g/mol. The molecule has 6 heteroatoms. The van der Waals surface area contributed by atoms with Crippen LogP contribution < -0.4 is 14.8 Å². The van der Waals surface area contributed by atoms with Crippen LogP contribution in [-0.4, -0.2) is 19.1 Å². The number of carbonyl (C=O) groups is 1. The Morgan fingerprint density at radius 1 is 1.09 bits per heavy atom. The Morgan fingerprint density at radius 3 is 2.43 bits per heavy atom. The molecule has 0 saturated carbocycles. The van der Waals surface area contributed by atoms with E-state index in [9.17, 15) is 13.6 Å². The van der Waals surface area contributed by atoms with Crippen molar-refractivity contribution in [1.29, 1.82) is 0 Å². The molecular formula is C17H15F2NO3. The molecule has 0 aliphatic carbocycles. The molecule has 1 aliphatic heterocycles. The summed E-state index contributed by atoms with van der Waals surface area (Å²) in [6.07, 6.45) is 0. The van der Waals surface area contributed by atoms with Crippen molar-refractivity contribution >= 4 is 5.91 Å². The number of rotatable bonds is 3. The summed E-state index contributed by atoms with van der Waals surface area (Å²) in [5.41, 5.74) is 0.163. The quantitative estimate of drug-likeness (QED) is 0.945. The van der Waals surface area contributed by atoms with Crippen LogP contribution in [0.25, 0.3) is 0 Å². The van der Waals surface area contributed by atoms with Gasteiger partial charge in [-0.25, -0.2) is 8.78 Å². The molecule has 1 unspecified atom stereocenters. The Kier molecular flexibility index (Phi) is 4.14. The minimum absolute atomic E-state index is 0.447. The van der Waals surface area contributed by atoms with Crippen LogP contribution in [0.5, 0.6) is 11.5 Å². The number of nitrogens with one attached hydrogen (secondary N) is 1. The largest absolute Gasteiger partial charge is 0.486 e. The monoisotopic (exact) mass is 319 g/mol. The summed E-state index contributed by atoms with van der Waals surface area (Å²) in [6, 6.07) is 8.13. The van der Waals surface area contributed by atoms with Crippen LogP contribution in [0.2, 0.25) is 0 Å². The molecule has 0 fully saturated rings. The van der Waals surface area contributed by atoms with Gasteiger partial charge in [-0.05, 0) is 36.8 Å². The zero-order chi connectivity index (χ0) is 16.4. The zero-order valence-corrected chi connectivity index (χ0v) is 12.4. The van der Waals surface area contributed by atoms with Crippen LogP contribution in [-0.2, 0) is 0 Å². The van der Waals surface area contributed by atoms with Crippen LogP contribution in [0.1, 0.15) is 28.9 Å². The van der Waals surface area contributed by atoms with Gasteiger partial charge in [0.15, 0.2) is 11.5 Å². The minimum atomic E-state index is -0.892. The predicted molar refractivity (Wildman–Crippen MR) is 79.7 cm³/mol. The van der Waals surface area contributed by atoms with Crippen molar-refractivity contribution < 1.29 is 23.0 Å². The van der Waals surface area contributed by atoms with E-state index in [4.69, 9.17) is 9.47 Å². The predicted octanol–water partition coefficient (Wildman–Crippen LogP) is 3.23. The van der Waals surface area contributed by atoms with Gasteiger partial charge < -0.3 is 14.8 Å². The number of hydrogen-bond donors (Lipinski definition) is 1. The standard InChI is InChI=1S/C17H15F2NO3/c1-10(11-5-6-14-15(9-11)23-8-7-22-14)20-17(21)16-12(18)3-2-4-13(16)19/h2-6,9-10H,7-8H2,1H3,(H,20,21). The lowest BCUT2D eigenvalue weighted by atomic mass is 10.1. The van der Waals surface area contributed by atoms with E-state index in [-0.39, 0.29) is 0 Å². The summed E-state index contributed by atoms with van der Waals surface area (Å²) in [5.74, 6) is -1.36. The van der Waals surface area contributed by atoms with E-state index >= 15 is 0 Å². The molecule has 4 nitrogen and oxygen atoms in total. The molecule has 1 N–H and O–H groups in total. The van der Waals surface area contributed by atoms with Gasteiger partial charge in [0.1, 0.15) is 30.4 Å². The average Bonchev–Trinajstić information content (AvgIpc) is 2.54. The topological polar surface area (TPSA) is 47.6 Å². The van der Waals surface area contributed by atoms with Gasteiger partial charge in [-0.2, -0.15) is 0 Å². The highest BCUT2D eigenvalue weighted by molar-refractivity contribution is 5.95. The van der Waals surface area contributed by atoms with E-state index in [1.807, 2.05) is 0 Å².